The molecule has 0 aromatic carbocycles. The lowest BCUT2D eigenvalue weighted by molar-refractivity contribution is -0.163. The molecule has 354 valence electrons. The summed E-state index contributed by atoms with van der Waals surface area (Å²) in [7, 11) is 0. The van der Waals surface area contributed by atoms with Crippen LogP contribution in [-0.2, 0) is 23.8 Å². The van der Waals surface area contributed by atoms with Gasteiger partial charge in [-0.3, -0.25) is 9.59 Å². The molecular weight excluding hydrogens is 765 g/mol. The van der Waals surface area contributed by atoms with E-state index in [0.717, 1.165) is 109 Å². The van der Waals surface area contributed by atoms with Crippen molar-refractivity contribution in [3.8, 4) is 0 Å². The van der Waals surface area contributed by atoms with Gasteiger partial charge >= 0.3 is 11.9 Å². The molecule has 0 aliphatic carbocycles. The summed E-state index contributed by atoms with van der Waals surface area (Å²) in [6.07, 6.45) is 69.9. The number of ether oxygens (including phenoxy) is 3. The molecule has 0 fully saturated rings. The molecule has 0 heterocycles. The lowest BCUT2D eigenvalue weighted by Gasteiger charge is -2.18. The van der Waals surface area contributed by atoms with E-state index in [-0.39, 0.29) is 25.2 Å². The van der Waals surface area contributed by atoms with Crippen molar-refractivity contribution in [3.63, 3.8) is 0 Å². The van der Waals surface area contributed by atoms with Crippen LogP contribution in [0.3, 0.4) is 0 Å². The summed E-state index contributed by atoms with van der Waals surface area (Å²) in [4.78, 5) is 25.3. The first-order chi connectivity index (χ1) is 30.6. The van der Waals surface area contributed by atoms with Crippen molar-refractivity contribution in [1.82, 2.24) is 0 Å². The average Bonchev–Trinajstić information content (AvgIpc) is 3.27. The Morgan fingerprint density at radius 1 is 0.371 bits per heavy atom. The van der Waals surface area contributed by atoms with Crippen LogP contribution in [0.4, 0.5) is 0 Å². The average molecular weight is 861 g/mol. The van der Waals surface area contributed by atoms with Gasteiger partial charge in [0, 0.05) is 19.4 Å². The maximum atomic E-state index is 12.7. The van der Waals surface area contributed by atoms with E-state index >= 15 is 0 Å². The van der Waals surface area contributed by atoms with Gasteiger partial charge in [0.2, 0.25) is 0 Å². The Hall–Kier alpha value is -3.18. The highest BCUT2D eigenvalue weighted by molar-refractivity contribution is 5.70. The first-order valence-corrected chi connectivity index (χ1v) is 25.8. The second kappa shape index (κ2) is 52.2. The Balaban J connectivity index is 4.30. The second-order valence-corrected chi connectivity index (χ2v) is 16.7. The molecule has 0 saturated carbocycles. The minimum atomic E-state index is -0.566. The Kier molecular flexibility index (Phi) is 49.5. The van der Waals surface area contributed by atoms with Crippen LogP contribution in [0.1, 0.15) is 226 Å². The number of rotatable bonds is 46. The molecule has 0 radical (unpaired) electrons. The topological polar surface area (TPSA) is 61.8 Å². The van der Waals surface area contributed by atoms with Crippen LogP contribution in [0, 0.1) is 0 Å². The minimum Gasteiger partial charge on any atom is -0.462 e. The molecular formula is C57H96O5. The van der Waals surface area contributed by atoms with Gasteiger partial charge in [0.05, 0.1) is 6.61 Å². The number of carbonyl (C=O) groups excluding carboxylic acids is 2. The minimum absolute atomic E-state index is 0.0574. The van der Waals surface area contributed by atoms with Crippen molar-refractivity contribution < 1.29 is 23.8 Å². The molecule has 5 nitrogen and oxygen atoms in total. The molecule has 5 heteroatoms. The monoisotopic (exact) mass is 861 g/mol. The largest absolute Gasteiger partial charge is 0.462 e. The summed E-state index contributed by atoms with van der Waals surface area (Å²) in [5.74, 6) is -0.441. The molecule has 0 N–H and O–H groups in total. The van der Waals surface area contributed by atoms with E-state index in [1.807, 2.05) is 0 Å². The summed E-state index contributed by atoms with van der Waals surface area (Å²) in [6, 6.07) is 0. The van der Waals surface area contributed by atoms with E-state index in [0.29, 0.717) is 19.4 Å². The van der Waals surface area contributed by atoms with Crippen LogP contribution >= 0.6 is 0 Å². The third-order valence-electron chi connectivity index (χ3n) is 10.6. The van der Waals surface area contributed by atoms with Crippen LogP contribution in [0.25, 0.3) is 0 Å². The van der Waals surface area contributed by atoms with Gasteiger partial charge in [0.1, 0.15) is 6.61 Å². The molecule has 0 aromatic rings. The number of hydrogen-bond acceptors (Lipinski definition) is 5. The molecule has 0 aliphatic rings. The molecule has 0 bridgehead atoms. The molecule has 0 aromatic heterocycles. The van der Waals surface area contributed by atoms with E-state index in [1.165, 1.54) is 83.5 Å². The van der Waals surface area contributed by atoms with Crippen LogP contribution in [0.5, 0.6) is 0 Å². The lowest BCUT2D eigenvalue weighted by Crippen LogP contribution is -2.30. The maximum Gasteiger partial charge on any atom is 0.306 e. The zero-order valence-electron chi connectivity index (χ0n) is 40.6. The molecule has 0 saturated heterocycles. The van der Waals surface area contributed by atoms with E-state index in [1.54, 1.807) is 0 Å². The molecule has 0 spiro atoms. The quantitative estimate of drug-likeness (QED) is 0.0347. The second-order valence-electron chi connectivity index (χ2n) is 16.7. The third kappa shape index (κ3) is 49.5. The number of unbranched alkanes of at least 4 members (excludes halogenated alkanes) is 19. The van der Waals surface area contributed by atoms with Crippen molar-refractivity contribution in [2.24, 2.45) is 0 Å². The number of carbonyl (C=O) groups is 2. The highest BCUT2D eigenvalue weighted by Crippen LogP contribution is 2.13. The Labute approximate surface area is 383 Å². The summed E-state index contributed by atoms with van der Waals surface area (Å²) in [6.45, 7) is 7.55. The number of hydrogen-bond donors (Lipinski definition) is 0. The predicted octanol–water partition coefficient (Wildman–Crippen LogP) is 17.5. The zero-order valence-corrected chi connectivity index (χ0v) is 40.6. The van der Waals surface area contributed by atoms with Crippen LogP contribution in [-0.4, -0.2) is 37.9 Å². The highest BCUT2D eigenvalue weighted by Gasteiger charge is 2.17. The number of esters is 2. The summed E-state index contributed by atoms with van der Waals surface area (Å²) in [5, 5.41) is 0. The molecule has 1 unspecified atom stereocenters. The van der Waals surface area contributed by atoms with Crippen LogP contribution in [0.15, 0.2) is 97.2 Å². The normalized spacial score (nSPS) is 13.0. The fourth-order valence-corrected chi connectivity index (χ4v) is 6.78. The molecule has 1 atom stereocenters. The van der Waals surface area contributed by atoms with Gasteiger partial charge in [-0.2, -0.15) is 0 Å². The SMILES string of the molecule is CC/C=C\C/C=C\C/C=C\C/C=C\C/C=C\CCCCOCC(COC(=O)CCCCCCCC/C=C\C/C=C\C/C=C\CCCCC)OC(=O)CCCCCCCCCCC. The molecule has 0 amide bonds. The fraction of sp³-hybridized carbons (Fsp3) is 0.684. The fourth-order valence-electron chi connectivity index (χ4n) is 6.78. The van der Waals surface area contributed by atoms with Gasteiger partial charge < -0.3 is 14.2 Å². The van der Waals surface area contributed by atoms with Crippen molar-refractivity contribution >= 4 is 11.9 Å². The van der Waals surface area contributed by atoms with Gasteiger partial charge in [0.15, 0.2) is 6.10 Å². The summed E-state index contributed by atoms with van der Waals surface area (Å²) in [5.41, 5.74) is 0. The Morgan fingerprint density at radius 2 is 0.726 bits per heavy atom. The van der Waals surface area contributed by atoms with Crippen molar-refractivity contribution in [2.75, 3.05) is 19.8 Å². The van der Waals surface area contributed by atoms with Crippen molar-refractivity contribution in [3.05, 3.63) is 97.2 Å². The number of allylic oxidation sites excluding steroid dienone is 16. The maximum absolute atomic E-state index is 12.7. The highest BCUT2D eigenvalue weighted by atomic mass is 16.6. The van der Waals surface area contributed by atoms with E-state index in [2.05, 4.69) is 118 Å². The molecule has 62 heavy (non-hydrogen) atoms. The van der Waals surface area contributed by atoms with Crippen LogP contribution < -0.4 is 0 Å². The van der Waals surface area contributed by atoms with E-state index < -0.39 is 6.10 Å². The van der Waals surface area contributed by atoms with Gasteiger partial charge in [-0.15, -0.1) is 0 Å². The lowest BCUT2D eigenvalue weighted by atomic mass is 10.1. The van der Waals surface area contributed by atoms with Gasteiger partial charge in [-0.05, 0) is 103 Å². The van der Waals surface area contributed by atoms with Gasteiger partial charge in [0.25, 0.3) is 0 Å². The molecule has 0 aliphatic heterocycles. The summed E-state index contributed by atoms with van der Waals surface area (Å²) >= 11 is 0. The van der Waals surface area contributed by atoms with E-state index in [4.69, 9.17) is 14.2 Å². The van der Waals surface area contributed by atoms with Crippen molar-refractivity contribution in [2.45, 2.75) is 232 Å². The van der Waals surface area contributed by atoms with Gasteiger partial charge in [-0.25, -0.2) is 0 Å². The molecule has 0 rings (SSSR count). The summed E-state index contributed by atoms with van der Waals surface area (Å²) < 4.78 is 17.3. The first kappa shape index (κ1) is 58.8. The Bertz CT molecular complexity index is 1200. The Morgan fingerprint density at radius 3 is 1.19 bits per heavy atom. The zero-order chi connectivity index (χ0) is 44.9. The van der Waals surface area contributed by atoms with E-state index in [9.17, 15) is 9.59 Å². The first-order valence-electron chi connectivity index (χ1n) is 25.8. The smallest absolute Gasteiger partial charge is 0.306 e. The predicted molar refractivity (Wildman–Crippen MR) is 270 cm³/mol. The standard InChI is InChI=1S/C57H96O5/c1-4-7-10-13-16-19-21-23-25-27-29-30-32-34-36-39-41-44-47-50-56(58)61-54-55(62-57(59)51-48-45-42-38-18-15-12-9-6-3)53-60-52-49-46-43-40-37-35-33-31-28-26-24-22-20-17-14-11-8-5-2/h8,11,16-17,19-20,23-26,29-31,33,37,40,55H,4-7,9-10,12-15,18,21-22,27-28,32,34-36,38-39,41-54H2,1-3H3/b11-8-,19-16-,20-17-,25-23-,26-24-,30-29-,33-31-,40-37-. The third-order valence-corrected chi connectivity index (χ3v) is 10.6. The van der Waals surface area contributed by atoms with Crippen LogP contribution in [0.2, 0.25) is 0 Å². The van der Waals surface area contributed by atoms with Crippen molar-refractivity contribution in [1.29, 1.82) is 0 Å². The van der Waals surface area contributed by atoms with Gasteiger partial charge in [-0.1, -0.05) is 208 Å².